The maximum atomic E-state index is 13.5. The lowest BCUT2D eigenvalue weighted by Gasteiger charge is -2.25. The van der Waals surface area contributed by atoms with E-state index in [9.17, 15) is 26.3 Å². The van der Waals surface area contributed by atoms with Crippen LogP contribution < -0.4 is 0 Å². The van der Waals surface area contributed by atoms with E-state index in [2.05, 4.69) is 4.74 Å². The predicted molar refractivity (Wildman–Crippen MR) is 74.3 cm³/mol. The first-order valence-electron chi connectivity index (χ1n) is 7.02. The molecule has 0 aromatic heterocycles. The van der Waals surface area contributed by atoms with Crippen LogP contribution in [0.25, 0.3) is 0 Å². The number of halogens is 6. The van der Waals surface area contributed by atoms with Crippen molar-refractivity contribution in [3.63, 3.8) is 0 Å². The molecule has 1 unspecified atom stereocenters. The molecule has 2 aromatic rings. The largest absolute Gasteiger partial charge is 0.430 e. The Morgan fingerprint density at radius 3 is 1.58 bits per heavy atom. The van der Waals surface area contributed by atoms with Gasteiger partial charge in [0.15, 0.2) is 5.60 Å². The summed E-state index contributed by atoms with van der Waals surface area (Å²) in [6, 6.07) is 12.1. The fraction of sp³-hybridized carbons (Fsp3) is 0.294. The summed E-state index contributed by atoms with van der Waals surface area (Å²) in [6.45, 7) is 1.69. The first-order valence-corrected chi connectivity index (χ1v) is 7.02. The zero-order chi connectivity index (χ0) is 17.8. The Morgan fingerprint density at radius 2 is 1.17 bits per heavy atom. The van der Waals surface area contributed by atoms with E-state index in [1.54, 1.807) is 6.92 Å². The van der Waals surface area contributed by atoms with Gasteiger partial charge in [-0.15, -0.1) is 0 Å². The lowest BCUT2D eigenvalue weighted by Crippen LogP contribution is -2.51. The summed E-state index contributed by atoms with van der Waals surface area (Å²) in [7, 11) is 0. The van der Waals surface area contributed by atoms with Crippen LogP contribution >= 0.6 is 0 Å². The number of ether oxygens (including phenoxy) is 1. The molecule has 128 valence electrons. The van der Waals surface area contributed by atoms with Crippen LogP contribution in [0.4, 0.5) is 26.3 Å². The summed E-state index contributed by atoms with van der Waals surface area (Å²) in [5, 5.41) is 0. The van der Waals surface area contributed by atoms with Gasteiger partial charge in [0.1, 0.15) is 0 Å². The smallest absolute Gasteiger partial charge is 0.335 e. The van der Waals surface area contributed by atoms with Crippen LogP contribution in [0.5, 0.6) is 0 Å². The van der Waals surface area contributed by atoms with Crippen molar-refractivity contribution >= 4 is 0 Å². The first kappa shape index (κ1) is 16.8. The molecule has 0 aliphatic carbocycles. The van der Waals surface area contributed by atoms with Crippen LogP contribution in [0.1, 0.15) is 16.7 Å². The van der Waals surface area contributed by atoms with Gasteiger partial charge in [-0.3, -0.25) is 0 Å². The normalized spacial score (nSPS) is 23.1. The van der Waals surface area contributed by atoms with Gasteiger partial charge in [0.05, 0.1) is 0 Å². The average Bonchev–Trinajstić information content (AvgIpc) is 3.22. The molecule has 0 amide bonds. The second-order valence-electron chi connectivity index (χ2n) is 5.69. The van der Waals surface area contributed by atoms with Crippen molar-refractivity contribution in [3.8, 4) is 0 Å². The number of benzene rings is 2. The number of epoxide rings is 1. The van der Waals surface area contributed by atoms with E-state index in [1.807, 2.05) is 0 Å². The third-order valence-corrected chi connectivity index (χ3v) is 4.20. The summed E-state index contributed by atoms with van der Waals surface area (Å²) in [4.78, 5) is 0. The minimum absolute atomic E-state index is 0.186. The second-order valence-corrected chi connectivity index (χ2v) is 5.69. The molecule has 1 saturated heterocycles. The van der Waals surface area contributed by atoms with Gasteiger partial charge in [-0.05, 0) is 18.1 Å². The number of hydrogen-bond acceptors (Lipinski definition) is 1. The Bertz CT molecular complexity index is 718. The van der Waals surface area contributed by atoms with Gasteiger partial charge in [0.25, 0.3) is 5.60 Å². The van der Waals surface area contributed by atoms with Crippen molar-refractivity contribution in [3.05, 3.63) is 71.3 Å². The maximum Gasteiger partial charge on any atom is 0.430 e. The number of rotatable bonds is 2. The Balaban J connectivity index is 2.29. The van der Waals surface area contributed by atoms with Gasteiger partial charge in [0.2, 0.25) is 0 Å². The van der Waals surface area contributed by atoms with Crippen LogP contribution in [0.2, 0.25) is 0 Å². The van der Waals surface area contributed by atoms with Crippen LogP contribution in [-0.2, 0) is 10.3 Å². The maximum absolute atomic E-state index is 13.5. The Hall–Kier alpha value is -2.02. The van der Waals surface area contributed by atoms with Crippen LogP contribution in [0.3, 0.4) is 0 Å². The molecule has 3 rings (SSSR count). The molecule has 1 aliphatic rings. The molecule has 0 saturated carbocycles. The quantitative estimate of drug-likeness (QED) is 0.542. The minimum atomic E-state index is -5.62. The van der Waals surface area contributed by atoms with Crippen LogP contribution in [0.15, 0.2) is 54.6 Å². The summed E-state index contributed by atoms with van der Waals surface area (Å²) >= 11 is 0. The van der Waals surface area contributed by atoms with Gasteiger partial charge >= 0.3 is 12.4 Å². The molecule has 1 heterocycles. The highest BCUT2D eigenvalue weighted by Crippen LogP contribution is 2.72. The zero-order valence-corrected chi connectivity index (χ0v) is 12.4. The van der Waals surface area contributed by atoms with Gasteiger partial charge in [-0.1, -0.05) is 60.2 Å². The minimum Gasteiger partial charge on any atom is -0.335 e. The van der Waals surface area contributed by atoms with E-state index >= 15 is 0 Å². The van der Waals surface area contributed by atoms with Crippen molar-refractivity contribution in [2.75, 3.05) is 0 Å². The molecule has 1 atom stereocenters. The molecule has 2 aromatic carbocycles. The van der Waals surface area contributed by atoms with Crippen LogP contribution in [0, 0.1) is 6.92 Å². The molecular formula is C17H12F6O. The molecule has 0 N–H and O–H groups in total. The van der Waals surface area contributed by atoms with E-state index in [1.165, 1.54) is 54.6 Å². The third kappa shape index (κ3) is 2.07. The van der Waals surface area contributed by atoms with Crippen LogP contribution in [-0.4, -0.2) is 18.0 Å². The highest BCUT2D eigenvalue weighted by atomic mass is 19.4. The molecule has 1 fully saturated rings. The molecule has 0 spiro atoms. The molecule has 7 heteroatoms. The average molecular weight is 346 g/mol. The predicted octanol–water partition coefficient (Wildman–Crippen LogP) is 5.13. The van der Waals surface area contributed by atoms with Gasteiger partial charge < -0.3 is 4.74 Å². The van der Waals surface area contributed by atoms with Crippen molar-refractivity contribution in [2.45, 2.75) is 30.5 Å². The van der Waals surface area contributed by atoms with E-state index in [0.717, 1.165) is 0 Å². The van der Waals surface area contributed by atoms with Crippen molar-refractivity contribution in [1.82, 2.24) is 0 Å². The molecule has 24 heavy (non-hydrogen) atoms. The number of hydrogen-bond donors (Lipinski definition) is 0. The molecular weight excluding hydrogens is 334 g/mol. The molecule has 1 aliphatic heterocycles. The first-order chi connectivity index (χ1) is 11.1. The molecule has 0 bridgehead atoms. The summed E-state index contributed by atoms with van der Waals surface area (Å²) in [5.41, 5.74) is -6.56. The van der Waals surface area contributed by atoms with Gasteiger partial charge in [0, 0.05) is 0 Å². The molecule has 1 nitrogen and oxygen atoms in total. The lowest BCUT2D eigenvalue weighted by atomic mass is 9.79. The highest BCUT2D eigenvalue weighted by molar-refractivity contribution is 5.49. The SMILES string of the molecule is Cc1ccc(C2(c3ccccc3)OC2(C(F)(F)F)C(F)(F)F)cc1. The van der Waals surface area contributed by atoms with E-state index < -0.39 is 23.6 Å². The summed E-state index contributed by atoms with van der Waals surface area (Å²) < 4.78 is 85.5. The Kier molecular flexibility index (Phi) is 3.50. The Labute approximate surface area is 133 Å². The fourth-order valence-corrected chi connectivity index (χ4v) is 3.03. The summed E-state index contributed by atoms with van der Waals surface area (Å²) in [6.07, 6.45) is -11.2. The van der Waals surface area contributed by atoms with E-state index in [-0.39, 0.29) is 11.1 Å². The monoisotopic (exact) mass is 346 g/mol. The Morgan fingerprint density at radius 1 is 0.708 bits per heavy atom. The topological polar surface area (TPSA) is 12.5 Å². The second kappa shape index (κ2) is 4.99. The zero-order valence-electron chi connectivity index (χ0n) is 12.4. The van der Waals surface area contributed by atoms with E-state index in [4.69, 9.17) is 0 Å². The van der Waals surface area contributed by atoms with E-state index in [0.29, 0.717) is 5.56 Å². The fourth-order valence-electron chi connectivity index (χ4n) is 3.03. The van der Waals surface area contributed by atoms with Gasteiger partial charge in [-0.2, -0.15) is 26.3 Å². The van der Waals surface area contributed by atoms with Gasteiger partial charge in [-0.25, -0.2) is 0 Å². The lowest BCUT2D eigenvalue weighted by molar-refractivity contribution is -0.293. The van der Waals surface area contributed by atoms with Crippen molar-refractivity contribution in [2.24, 2.45) is 0 Å². The van der Waals surface area contributed by atoms with Crippen molar-refractivity contribution < 1.29 is 31.1 Å². The molecule has 0 radical (unpaired) electrons. The standard InChI is InChI=1S/C17H12F6O/c1-11-7-9-13(10-8-11)14(12-5-3-2-4-6-12)15(24-14,16(18,19)20)17(21,22)23/h2-10H,1H3. The highest BCUT2D eigenvalue weighted by Gasteiger charge is 2.94. The number of aryl methyl sites for hydroxylation is 1. The van der Waals surface area contributed by atoms with Crippen molar-refractivity contribution in [1.29, 1.82) is 0 Å². The summed E-state index contributed by atoms with van der Waals surface area (Å²) in [5.74, 6) is 0. The third-order valence-electron chi connectivity index (χ3n) is 4.20. The number of alkyl halides is 6.